The van der Waals surface area contributed by atoms with Crippen LogP contribution in [0, 0.1) is 0 Å². The predicted octanol–water partition coefficient (Wildman–Crippen LogP) is 1.68. The number of benzene rings is 1. The van der Waals surface area contributed by atoms with Gasteiger partial charge in [-0.25, -0.2) is 0 Å². The van der Waals surface area contributed by atoms with Gasteiger partial charge in [-0.2, -0.15) is 0 Å². The normalized spacial score (nSPS) is 10.2. The summed E-state index contributed by atoms with van der Waals surface area (Å²) in [6, 6.07) is 7.60. The predicted molar refractivity (Wildman–Crippen MR) is 47.6 cm³/mol. The Morgan fingerprint density at radius 2 is 2.00 bits per heavy atom. The zero-order chi connectivity index (χ0) is 8.81. The average Bonchev–Trinajstić information content (AvgIpc) is 2.15. The Morgan fingerprint density at radius 3 is 2.67 bits per heavy atom. The molecule has 1 aromatic rings. The maximum absolute atomic E-state index is 5.10. The molecule has 1 aromatic carbocycles. The van der Waals surface area contributed by atoms with Crippen LogP contribution >= 0.6 is 0 Å². The number of nitrogens with zero attached hydrogens (tertiary/aromatic N) is 1. The molecule has 0 atom stereocenters. The van der Waals surface area contributed by atoms with E-state index >= 15 is 0 Å². The van der Waals surface area contributed by atoms with Crippen molar-refractivity contribution in [2.75, 3.05) is 14.2 Å². The molecule has 0 spiro atoms. The summed E-state index contributed by atoms with van der Waals surface area (Å²) >= 11 is 0. The third-order valence-corrected chi connectivity index (χ3v) is 1.44. The van der Waals surface area contributed by atoms with Gasteiger partial charge in [-0.15, -0.1) is 0 Å². The standard InChI is InChI=1S/C9H11NO2/c1-11-9-6-4-3-5-8(9)7-10-12-2/h3-7H,1-2H3. The molecule has 0 radical (unpaired) electrons. The van der Waals surface area contributed by atoms with Gasteiger partial charge in [-0.3, -0.25) is 0 Å². The quantitative estimate of drug-likeness (QED) is 0.504. The Balaban J connectivity index is 2.89. The second-order valence-corrected chi connectivity index (χ2v) is 2.16. The second-order valence-electron chi connectivity index (χ2n) is 2.16. The van der Waals surface area contributed by atoms with Gasteiger partial charge in [0, 0.05) is 5.56 Å². The van der Waals surface area contributed by atoms with Crippen LogP contribution < -0.4 is 4.74 Å². The van der Waals surface area contributed by atoms with Gasteiger partial charge in [-0.1, -0.05) is 17.3 Å². The van der Waals surface area contributed by atoms with E-state index in [0.717, 1.165) is 11.3 Å². The number of para-hydroxylation sites is 1. The average molecular weight is 165 g/mol. The minimum absolute atomic E-state index is 0.790. The van der Waals surface area contributed by atoms with Crippen molar-refractivity contribution < 1.29 is 9.57 Å². The fourth-order valence-corrected chi connectivity index (χ4v) is 0.883. The zero-order valence-corrected chi connectivity index (χ0v) is 7.15. The third kappa shape index (κ3) is 1.99. The van der Waals surface area contributed by atoms with Crippen LogP contribution in [0.1, 0.15) is 5.56 Å². The van der Waals surface area contributed by atoms with Crippen LogP contribution in [0.25, 0.3) is 0 Å². The summed E-state index contributed by atoms with van der Waals surface area (Å²) in [4.78, 5) is 4.56. The third-order valence-electron chi connectivity index (χ3n) is 1.44. The molecule has 0 unspecified atom stereocenters. The SMILES string of the molecule is CON=Cc1ccccc1OC. The summed E-state index contributed by atoms with van der Waals surface area (Å²) in [5, 5.41) is 3.65. The second kappa shape index (κ2) is 4.38. The van der Waals surface area contributed by atoms with Gasteiger partial charge in [0.15, 0.2) is 0 Å². The highest BCUT2D eigenvalue weighted by atomic mass is 16.6. The van der Waals surface area contributed by atoms with Crippen molar-refractivity contribution in [1.82, 2.24) is 0 Å². The van der Waals surface area contributed by atoms with E-state index in [2.05, 4.69) is 9.99 Å². The number of hydrogen-bond donors (Lipinski definition) is 0. The molecule has 0 N–H and O–H groups in total. The number of methoxy groups -OCH3 is 1. The number of rotatable bonds is 3. The Hall–Kier alpha value is -1.51. The molecular formula is C9H11NO2. The van der Waals surface area contributed by atoms with Crippen molar-refractivity contribution in [3.05, 3.63) is 29.8 Å². The highest BCUT2D eigenvalue weighted by Gasteiger charge is 1.96. The lowest BCUT2D eigenvalue weighted by molar-refractivity contribution is 0.215. The van der Waals surface area contributed by atoms with E-state index in [1.165, 1.54) is 7.11 Å². The zero-order valence-electron chi connectivity index (χ0n) is 7.15. The monoisotopic (exact) mass is 165 g/mol. The van der Waals surface area contributed by atoms with Crippen molar-refractivity contribution in [1.29, 1.82) is 0 Å². The van der Waals surface area contributed by atoms with Crippen LogP contribution in [-0.4, -0.2) is 20.4 Å². The molecule has 0 aliphatic heterocycles. The van der Waals surface area contributed by atoms with E-state index in [4.69, 9.17) is 4.74 Å². The summed E-state index contributed by atoms with van der Waals surface area (Å²) < 4.78 is 5.10. The van der Waals surface area contributed by atoms with Gasteiger partial charge in [0.05, 0.1) is 13.3 Å². The number of oxime groups is 1. The number of hydrogen-bond acceptors (Lipinski definition) is 3. The molecule has 0 aliphatic carbocycles. The van der Waals surface area contributed by atoms with Crippen molar-refractivity contribution in [3.63, 3.8) is 0 Å². The molecule has 3 nitrogen and oxygen atoms in total. The summed E-state index contributed by atoms with van der Waals surface area (Å²) in [7, 11) is 3.13. The first-order valence-corrected chi connectivity index (χ1v) is 3.58. The van der Waals surface area contributed by atoms with Gasteiger partial charge in [0.25, 0.3) is 0 Å². The summed E-state index contributed by atoms with van der Waals surface area (Å²) in [5.74, 6) is 0.790. The molecule has 0 fully saturated rings. The molecule has 0 bridgehead atoms. The maximum atomic E-state index is 5.10. The van der Waals surface area contributed by atoms with Crippen LogP contribution in [0.5, 0.6) is 5.75 Å². The Bertz CT molecular complexity index is 271. The largest absolute Gasteiger partial charge is 0.496 e. The fourth-order valence-electron chi connectivity index (χ4n) is 0.883. The van der Waals surface area contributed by atoms with Crippen molar-refractivity contribution >= 4 is 6.21 Å². The molecule has 0 heterocycles. The first kappa shape index (κ1) is 8.59. The molecule has 0 aliphatic rings. The Labute approximate surface area is 71.6 Å². The van der Waals surface area contributed by atoms with Crippen molar-refractivity contribution in [3.8, 4) is 5.75 Å². The van der Waals surface area contributed by atoms with E-state index in [9.17, 15) is 0 Å². The molecule has 0 aromatic heterocycles. The van der Waals surface area contributed by atoms with Crippen LogP contribution in [0.15, 0.2) is 29.4 Å². The minimum atomic E-state index is 0.790. The molecule has 3 heteroatoms. The summed E-state index contributed by atoms with van der Waals surface area (Å²) in [6.07, 6.45) is 1.61. The molecule has 0 saturated carbocycles. The van der Waals surface area contributed by atoms with E-state index < -0.39 is 0 Å². The topological polar surface area (TPSA) is 30.8 Å². The van der Waals surface area contributed by atoms with Crippen LogP contribution in [0.2, 0.25) is 0 Å². The van der Waals surface area contributed by atoms with Crippen LogP contribution in [0.4, 0.5) is 0 Å². The first-order chi connectivity index (χ1) is 5.88. The van der Waals surface area contributed by atoms with Gasteiger partial charge in [0.1, 0.15) is 12.9 Å². The highest BCUT2D eigenvalue weighted by Crippen LogP contribution is 2.14. The van der Waals surface area contributed by atoms with Crippen molar-refractivity contribution in [2.45, 2.75) is 0 Å². The lowest BCUT2D eigenvalue weighted by atomic mass is 10.2. The fraction of sp³-hybridized carbons (Fsp3) is 0.222. The van der Waals surface area contributed by atoms with Gasteiger partial charge >= 0.3 is 0 Å². The highest BCUT2D eigenvalue weighted by molar-refractivity contribution is 5.82. The Kier molecular flexibility index (Phi) is 3.14. The minimum Gasteiger partial charge on any atom is -0.496 e. The van der Waals surface area contributed by atoms with Crippen LogP contribution in [0.3, 0.4) is 0 Å². The lowest BCUT2D eigenvalue weighted by Crippen LogP contribution is -1.89. The van der Waals surface area contributed by atoms with E-state index in [0.29, 0.717) is 0 Å². The van der Waals surface area contributed by atoms with E-state index in [-0.39, 0.29) is 0 Å². The maximum Gasteiger partial charge on any atom is 0.127 e. The Morgan fingerprint density at radius 1 is 1.25 bits per heavy atom. The first-order valence-electron chi connectivity index (χ1n) is 3.58. The summed E-state index contributed by atoms with van der Waals surface area (Å²) in [6.45, 7) is 0. The molecule has 64 valence electrons. The molecular weight excluding hydrogens is 154 g/mol. The van der Waals surface area contributed by atoms with Gasteiger partial charge in [-0.05, 0) is 12.1 Å². The number of ether oxygens (including phenoxy) is 1. The molecule has 12 heavy (non-hydrogen) atoms. The van der Waals surface area contributed by atoms with Gasteiger partial charge < -0.3 is 9.57 Å². The molecule has 0 saturated heterocycles. The van der Waals surface area contributed by atoms with Gasteiger partial charge in [0.2, 0.25) is 0 Å². The van der Waals surface area contributed by atoms with Crippen LogP contribution in [-0.2, 0) is 4.84 Å². The van der Waals surface area contributed by atoms with Crippen molar-refractivity contribution in [2.24, 2.45) is 5.16 Å². The lowest BCUT2D eigenvalue weighted by Gasteiger charge is -2.01. The van der Waals surface area contributed by atoms with E-state index in [1.54, 1.807) is 13.3 Å². The summed E-state index contributed by atoms with van der Waals surface area (Å²) in [5.41, 5.74) is 0.904. The van der Waals surface area contributed by atoms with E-state index in [1.807, 2.05) is 24.3 Å². The smallest absolute Gasteiger partial charge is 0.127 e. The molecule has 0 amide bonds. The molecule has 1 rings (SSSR count).